The molecule has 0 aliphatic heterocycles. The minimum atomic E-state index is -3.78. The van der Waals surface area contributed by atoms with E-state index in [1.165, 1.54) is 12.1 Å². The summed E-state index contributed by atoms with van der Waals surface area (Å²) in [5.41, 5.74) is 4.69. The third kappa shape index (κ3) is 2.45. The van der Waals surface area contributed by atoms with E-state index < -0.39 is 16.1 Å². The SMILES string of the molecule is NC(=O)NS(=O)(=O)c1ccccc1. The molecule has 13 heavy (non-hydrogen) atoms. The van der Waals surface area contributed by atoms with Crippen molar-refractivity contribution >= 4 is 16.1 Å². The van der Waals surface area contributed by atoms with Crippen LogP contribution in [0.3, 0.4) is 0 Å². The maximum Gasteiger partial charge on any atom is 0.326 e. The van der Waals surface area contributed by atoms with Gasteiger partial charge in [-0.05, 0) is 12.1 Å². The number of hydrogen-bond donors (Lipinski definition) is 2. The van der Waals surface area contributed by atoms with Crippen molar-refractivity contribution in [3.63, 3.8) is 0 Å². The lowest BCUT2D eigenvalue weighted by molar-refractivity contribution is 0.253. The molecule has 0 heterocycles. The van der Waals surface area contributed by atoms with E-state index in [0.29, 0.717) is 0 Å². The molecule has 0 saturated heterocycles. The Hall–Kier alpha value is -1.56. The highest BCUT2D eigenvalue weighted by Crippen LogP contribution is 2.05. The molecular formula is C7H8N2O3S. The van der Waals surface area contributed by atoms with Gasteiger partial charge < -0.3 is 5.73 Å². The number of nitrogens with two attached hydrogens (primary N) is 1. The van der Waals surface area contributed by atoms with E-state index in [9.17, 15) is 13.2 Å². The quantitative estimate of drug-likeness (QED) is 0.706. The summed E-state index contributed by atoms with van der Waals surface area (Å²) in [6, 6.07) is 6.41. The van der Waals surface area contributed by atoms with Crippen molar-refractivity contribution in [2.45, 2.75) is 4.90 Å². The zero-order valence-corrected chi connectivity index (χ0v) is 7.41. The Bertz CT molecular complexity index is 399. The number of rotatable bonds is 2. The van der Waals surface area contributed by atoms with Crippen molar-refractivity contribution in [3.8, 4) is 0 Å². The first-order chi connectivity index (χ1) is 6.02. The van der Waals surface area contributed by atoms with Crippen molar-refractivity contribution in [1.29, 1.82) is 0 Å². The van der Waals surface area contributed by atoms with E-state index >= 15 is 0 Å². The summed E-state index contributed by atoms with van der Waals surface area (Å²) in [7, 11) is -3.78. The molecule has 0 atom stereocenters. The number of carbonyl (C=O) groups is 1. The molecule has 1 rings (SSSR count). The maximum atomic E-state index is 11.2. The second-order valence-electron chi connectivity index (χ2n) is 2.28. The number of primary amides is 1. The zero-order valence-electron chi connectivity index (χ0n) is 6.60. The third-order valence-electron chi connectivity index (χ3n) is 1.29. The van der Waals surface area contributed by atoms with E-state index in [4.69, 9.17) is 0 Å². The van der Waals surface area contributed by atoms with Gasteiger partial charge in [0.25, 0.3) is 10.0 Å². The number of urea groups is 1. The fourth-order valence-electron chi connectivity index (χ4n) is 0.791. The minimum Gasteiger partial charge on any atom is -0.351 e. The van der Waals surface area contributed by atoms with Gasteiger partial charge in [-0.1, -0.05) is 18.2 Å². The van der Waals surface area contributed by atoms with Crippen LogP contribution in [0.1, 0.15) is 0 Å². The molecule has 0 aliphatic carbocycles. The molecule has 0 radical (unpaired) electrons. The molecule has 3 N–H and O–H groups in total. The molecule has 0 unspecified atom stereocenters. The second-order valence-corrected chi connectivity index (χ2v) is 3.97. The first-order valence-electron chi connectivity index (χ1n) is 3.40. The average Bonchev–Trinajstić information content (AvgIpc) is 2.04. The van der Waals surface area contributed by atoms with Crippen LogP contribution in [0.2, 0.25) is 0 Å². The van der Waals surface area contributed by atoms with Crippen LogP contribution in [0.5, 0.6) is 0 Å². The number of sulfonamides is 1. The monoisotopic (exact) mass is 200 g/mol. The highest BCUT2D eigenvalue weighted by atomic mass is 32.2. The summed E-state index contributed by atoms with van der Waals surface area (Å²) in [5.74, 6) is 0. The van der Waals surface area contributed by atoms with Gasteiger partial charge in [0.05, 0.1) is 4.90 Å². The highest BCUT2D eigenvalue weighted by Gasteiger charge is 2.14. The molecule has 0 bridgehead atoms. The fraction of sp³-hybridized carbons (Fsp3) is 0. The predicted molar refractivity (Wildman–Crippen MR) is 46.3 cm³/mol. The van der Waals surface area contributed by atoms with E-state index in [0.717, 1.165) is 0 Å². The highest BCUT2D eigenvalue weighted by molar-refractivity contribution is 7.90. The summed E-state index contributed by atoms with van der Waals surface area (Å²) < 4.78 is 24.1. The molecular weight excluding hydrogens is 192 g/mol. The summed E-state index contributed by atoms with van der Waals surface area (Å²) in [6.07, 6.45) is 0. The summed E-state index contributed by atoms with van der Waals surface area (Å²) in [6.45, 7) is 0. The maximum absolute atomic E-state index is 11.2. The number of hydrogen-bond acceptors (Lipinski definition) is 3. The predicted octanol–water partition coefficient (Wildman–Crippen LogP) is 0.0436. The van der Waals surface area contributed by atoms with Crippen LogP contribution in [-0.4, -0.2) is 14.4 Å². The first kappa shape index (κ1) is 9.53. The van der Waals surface area contributed by atoms with Crippen molar-refractivity contribution in [2.75, 3.05) is 0 Å². The van der Waals surface area contributed by atoms with Crippen LogP contribution in [-0.2, 0) is 10.0 Å². The number of nitrogens with one attached hydrogen (secondary N) is 1. The third-order valence-corrected chi connectivity index (χ3v) is 2.65. The van der Waals surface area contributed by atoms with Crippen LogP contribution in [0.15, 0.2) is 35.2 Å². The van der Waals surface area contributed by atoms with E-state index in [1.54, 1.807) is 22.9 Å². The van der Waals surface area contributed by atoms with Crippen LogP contribution in [0.25, 0.3) is 0 Å². The van der Waals surface area contributed by atoms with Gasteiger partial charge in [-0.25, -0.2) is 17.9 Å². The van der Waals surface area contributed by atoms with Crippen LogP contribution < -0.4 is 10.5 Å². The molecule has 0 saturated carbocycles. The molecule has 70 valence electrons. The molecule has 6 heteroatoms. The topological polar surface area (TPSA) is 89.3 Å². The van der Waals surface area contributed by atoms with Gasteiger partial charge in [-0.3, -0.25) is 0 Å². The van der Waals surface area contributed by atoms with E-state index in [1.807, 2.05) is 0 Å². The lowest BCUT2D eigenvalue weighted by Gasteiger charge is -2.02. The van der Waals surface area contributed by atoms with Gasteiger partial charge in [0.15, 0.2) is 0 Å². The standard InChI is InChI=1S/C7H8N2O3S/c8-7(10)9-13(11,12)6-4-2-1-3-5-6/h1-5H,(H3,8,9,10). The Morgan fingerprint density at radius 1 is 1.23 bits per heavy atom. The zero-order chi connectivity index (χ0) is 9.90. The van der Waals surface area contributed by atoms with Gasteiger partial charge in [0, 0.05) is 0 Å². The van der Waals surface area contributed by atoms with Crippen molar-refractivity contribution in [3.05, 3.63) is 30.3 Å². The van der Waals surface area contributed by atoms with Crippen LogP contribution in [0.4, 0.5) is 4.79 Å². The molecule has 0 fully saturated rings. The second kappa shape index (κ2) is 3.44. The smallest absolute Gasteiger partial charge is 0.326 e. The summed E-state index contributed by atoms with van der Waals surface area (Å²) >= 11 is 0. The summed E-state index contributed by atoms with van der Waals surface area (Å²) in [5, 5.41) is 0. The van der Waals surface area contributed by atoms with Crippen molar-refractivity contribution < 1.29 is 13.2 Å². The van der Waals surface area contributed by atoms with Crippen LogP contribution >= 0.6 is 0 Å². The van der Waals surface area contributed by atoms with Gasteiger partial charge in [0.1, 0.15) is 0 Å². The fourth-order valence-corrected chi connectivity index (χ4v) is 1.69. The van der Waals surface area contributed by atoms with Gasteiger partial charge in [-0.2, -0.15) is 0 Å². The lowest BCUT2D eigenvalue weighted by Crippen LogP contribution is -2.34. The molecule has 0 aliphatic rings. The largest absolute Gasteiger partial charge is 0.351 e. The normalized spacial score (nSPS) is 10.8. The lowest BCUT2D eigenvalue weighted by atomic mass is 10.4. The molecule has 0 aromatic heterocycles. The Kier molecular flexibility index (Phi) is 2.52. The van der Waals surface area contributed by atoms with Gasteiger partial charge in [0.2, 0.25) is 0 Å². The Balaban J connectivity index is 3.02. The molecule has 0 spiro atoms. The number of amides is 2. The average molecular weight is 200 g/mol. The Labute approximate surface area is 75.6 Å². The Morgan fingerprint density at radius 3 is 2.23 bits per heavy atom. The van der Waals surface area contributed by atoms with Gasteiger partial charge >= 0.3 is 6.03 Å². The molecule has 1 aromatic carbocycles. The number of benzene rings is 1. The molecule has 5 nitrogen and oxygen atoms in total. The summed E-state index contributed by atoms with van der Waals surface area (Å²) in [4.78, 5) is 10.3. The van der Waals surface area contributed by atoms with Crippen molar-refractivity contribution in [1.82, 2.24) is 4.72 Å². The van der Waals surface area contributed by atoms with E-state index in [-0.39, 0.29) is 4.90 Å². The minimum absolute atomic E-state index is 0.00815. The Morgan fingerprint density at radius 2 is 1.77 bits per heavy atom. The first-order valence-corrected chi connectivity index (χ1v) is 4.88. The van der Waals surface area contributed by atoms with E-state index in [2.05, 4.69) is 5.73 Å². The molecule has 1 aromatic rings. The molecule has 2 amide bonds. The number of carbonyl (C=O) groups excluding carboxylic acids is 1. The van der Waals surface area contributed by atoms with Crippen LogP contribution in [0, 0.1) is 0 Å². The van der Waals surface area contributed by atoms with Gasteiger partial charge in [-0.15, -0.1) is 0 Å². The van der Waals surface area contributed by atoms with Crippen molar-refractivity contribution in [2.24, 2.45) is 5.73 Å².